The maximum Gasteiger partial charge on any atom is 0.0149 e. The summed E-state index contributed by atoms with van der Waals surface area (Å²) in [5.74, 6) is 1.92. The fraction of sp³-hybridized carbons (Fsp3) is 1.00. The van der Waals surface area contributed by atoms with Gasteiger partial charge in [-0.15, -0.1) is 0 Å². The molecule has 0 bridgehead atoms. The molecule has 0 aromatic carbocycles. The molecule has 2 saturated carbocycles. The van der Waals surface area contributed by atoms with E-state index in [1.807, 2.05) is 0 Å². The van der Waals surface area contributed by atoms with Gasteiger partial charge in [0.25, 0.3) is 0 Å². The van der Waals surface area contributed by atoms with Gasteiger partial charge in [0, 0.05) is 6.04 Å². The predicted octanol–water partition coefficient (Wildman–Crippen LogP) is 4.76. The summed E-state index contributed by atoms with van der Waals surface area (Å²) in [5, 5.41) is 3.75. The van der Waals surface area contributed by atoms with Crippen LogP contribution in [0.15, 0.2) is 0 Å². The molecule has 106 valence electrons. The number of hydrogen-bond acceptors (Lipinski definition) is 1. The number of rotatable bonds is 4. The SMILES string of the molecule is CCC1CCCCC1C(NC)C1(C)CCCCC1. The molecule has 3 atom stereocenters. The Balaban J connectivity index is 2.10. The number of hydrogen-bond donors (Lipinski definition) is 1. The van der Waals surface area contributed by atoms with E-state index in [0.29, 0.717) is 5.41 Å². The summed E-state index contributed by atoms with van der Waals surface area (Å²) >= 11 is 0. The van der Waals surface area contributed by atoms with Gasteiger partial charge in [0.05, 0.1) is 0 Å². The average Bonchev–Trinajstić information content (AvgIpc) is 2.40. The molecule has 0 aromatic rings. The first-order valence-electron chi connectivity index (χ1n) is 8.38. The van der Waals surface area contributed by atoms with Crippen molar-refractivity contribution < 1.29 is 0 Å². The second kappa shape index (κ2) is 6.41. The van der Waals surface area contributed by atoms with E-state index in [4.69, 9.17) is 0 Å². The third-order valence-electron chi connectivity index (χ3n) is 5.98. The zero-order valence-corrected chi connectivity index (χ0v) is 12.8. The van der Waals surface area contributed by atoms with Crippen LogP contribution in [-0.4, -0.2) is 13.1 Å². The summed E-state index contributed by atoms with van der Waals surface area (Å²) in [6.45, 7) is 4.97. The van der Waals surface area contributed by atoms with Crippen molar-refractivity contribution in [3.05, 3.63) is 0 Å². The molecule has 0 saturated heterocycles. The lowest BCUT2D eigenvalue weighted by molar-refractivity contribution is 0.0592. The highest BCUT2D eigenvalue weighted by Gasteiger charge is 2.41. The lowest BCUT2D eigenvalue weighted by Crippen LogP contribution is -2.50. The standard InChI is InChI=1S/C17H33N/c1-4-14-10-6-7-11-15(14)16(18-3)17(2)12-8-5-9-13-17/h14-16,18H,4-13H2,1-3H3. The van der Waals surface area contributed by atoms with E-state index in [9.17, 15) is 0 Å². The van der Waals surface area contributed by atoms with Crippen molar-refractivity contribution in [1.82, 2.24) is 5.32 Å². The molecule has 18 heavy (non-hydrogen) atoms. The largest absolute Gasteiger partial charge is 0.316 e. The van der Waals surface area contributed by atoms with Crippen LogP contribution in [0.3, 0.4) is 0 Å². The van der Waals surface area contributed by atoms with Gasteiger partial charge in [0.2, 0.25) is 0 Å². The highest BCUT2D eigenvalue weighted by molar-refractivity contribution is 4.96. The molecule has 2 rings (SSSR count). The van der Waals surface area contributed by atoms with Crippen molar-refractivity contribution in [3.8, 4) is 0 Å². The quantitative estimate of drug-likeness (QED) is 0.759. The maximum absolute atomic E-state index is 3.75. The minimum atomic E-state index is 0.572. The van der Waals surface area contributed by atoms with Crippen molar-refractivity contribution in [3.63, 3.8) is 0 Å². The second-order valence-electron chi connectivity index (χ2n) is 7.10. The summed E-state index contributed by atoms with van der Waals surface area (Å²) in [6, 6.07) is 0.767. The Morgan fingerprint density at radius 2 is 1.72 bits per heavy atom. The van der Waals surface area contributed by atoms with E-state index in [1.165, 1.54) is 64.2 Å². The van der Waals surface area contributed by atoms with Crippen LogP contribution in [-0.2, 0) is 0 Å². The third-order valence-corrected chi connectivity index (χ3v) is 5.98. The van der Waals surface area contributed by atoms with Crippen LogP contribution >= 0.6 is 0 Å². The second-order valence-corrected chi connectivity index (χ2v) is 7.10. The molecule has 1 heteroatoms. The topological polar surface area (TPSA) is 12.0 Å². The normalized spacial score (nSPS) is 34.2. The monoisotopic (exact) mass is 251 g/mol. The molecule has 1 N–H and O–H groups in total. The highest BCUT2D eigenvalue weighted by Crippen LogP contribution is 2.46. The maximum atomic E-state index is 3.75. The van der Waals surface area contributed by atoms with E-state index < -0.39 is 0 Å². The zero-order chi connectivity index (χ0) is 13.0. The lowest BCUT2D eigenvalue weighted by Gasteiger charge is -2.48. The van der Waals surface area contributed by atoms with Gasteiger partial charge in [-0.1, -0.05) is 58.8 Å². The Kier molecular flexibility index (Phi) is 5.12. The summed E-state index contributed by atoms with van der Waals surface area (Å²) in [7, 11) is 2.21. The Morgan fingerprint density at radius 1 is 1.06 bits per heavy atom. The molecule has 0 aliphatic heterocycles. The minimum Gasteiger partial charge on any atom is -0.316 e. The summed E-state index contributed by atoms with van der Waals surface area (Å²) < 4.78 is 0. The van der Waals surface area contributed by atoms with Crippen LogP contribution in [0.5, 0.6) is 0 Å². The van der Waals surface area contributed by atoms with Gasteiger partial charge in [-0.05, 0) is 43.6 Å². The van der Waals surface area contributed by atoms with Gasteiger partial charge in [-0.3, -0.25) is 0 Å². The molecule has 3 unspecified atom stereocenters. The van der Waals surface area contributed by atoms with E-state index >= 15 is 0 Å². The fourth-order valence-electron chi connectivity index (χ4n) is 4.93. The molecule has 0 amide bonds. The van der Waals surface area contributed by atoms with Crippen molar-refractivity contribution >= 4 is 0 Å². The molecule has 1 nitrogen and oxygen atoms in total. The van der Waals surface area contributed by atoms with Crippen LogP contribution in [0.4, 0.5) is 0 Å². The van der Waals surface area contributed by atoms with E-state index in [0.717, 1.165) is 17.9 Å². The molecule has 2 fully saturated rings. The van der Waals surface area contributed by atoms with Crippen LogP contribution in [0.2, 0.25) is 0 Å². The first-order chi connectivity index (χ1) is 8.71. The van der Waals surface area contributed by atoms with E-state index in [-0.39, 0.29) is 0 Å². The zero-order valence-electron chi connectivity index (χ0n) is 12.8. The summed E-state index contributed by atoms with van der Waals surface area (Å²) in [5.41, 5.74) is 0.572. The van der Waals surface area contributed by atoms with Crippen molar-refractivity contribution in [2.24, 2.45) is 17.3 Å². The number of nitrogens with one attached hydrogen (secondary N) is 1. The van der Waals surface area contributed by atoms with Crippen molar-refractivity contribution in [2.45, 2.75) is 84.1 Å². The smallest absolute Gasteiger partial charge is 0.0149 e. The van der Waals surface area contributed by atoms with Crippen molar-refractivity contribution in [1.29, 1.82) is 0 Å². The van der Waals surface area contributed by atoms with Gasteiger partial charge in [-0.25, -0.2) is 0 Å². The Hall–Kier alpha value is -0.0400. The fourth-order valence-corrected chi connectivity index (χ4v) is 4.93. The van der Waals surface area contributed by atoms with Crippen LogP contribution in [0, 0.1) is 17.3 Å². The van der Waals surface area contributed by atoms with Crippen LogP contribution in [0.1, 0.15) is 78.1 Å². The molecule has 0 spiro atoms. The third kappa shape index (κ3) is 2.92. The predicted molar refractivity (Wildman–Crippen MR) is 79.8 cm³/mol. The van der Waals surface area contributed by atoms with Gasteiger partial charge >= 0.3 is 0 Å². The summed E-state index contributed by atoms with van der Waals surface area (Å²) in [4.78, 5) is 0. The van der Waals surface area contributed by atoms with Crippen molar-refractivity contribution in [2.75, 3.05) is 7.05 Å². The molecule has 0 aromatic heterocycles. The molecule has 2 aliphatic carbocycles. The van der Waals surface area contributed by atoms with Gasteiger partial charge in [0.1, 0.15) is 0 Å². The van der Waals surface area contributed by atoms with Gasteiger partial charge in [-0.2, -0.15) is 0 Å². The average molecular weight is 251 g/mol. The molecule has 2 aliphatic rings. The van der Waals surface area contributed by atoms with E-state index in [2.05, 4.69) is 26.2 Å². The first-order valence-corrected chi connectivity index (χ1v) is 8.38. The summed E-state index contributed by atoms with van der Waals surface area (Å²) in [6.07, 6.45) is 14.6. The van der Waals surface area contributed by atoms with Crippen LogP contribution < -0.4 is 5.32 Å². The Bertz CT molecular complexity index is 242. The lowest BCUT2D eigenvalue weighted by atomic mass is 9.61. The molecule has 0 heterocycles. The highest BCUT2D eigenvalue weighted by atomic mass is 14.9. The Morgan fingerprint density at radius 3 is 2.33 bits per heavy atom. The van der Waals surface area contributed by atoms with Gasteiger partial charge < -0.3 is 5.32 Å². The molecular formula is C17H33N. The van der Waals surface area contributed by atoms with E-state index in [1.54, 1.807) is 0 Å². The molecular weight excluding hydrogens is 218 g/mol. The Labute approximate surface area is 114 Å². The first kappa shape index (κ1) is 14.4. The van der Waals surface area contributed by atoms with Crippen LogP contribution in [0.25, 0.3) is 0 Å². The minimum absolute atomic E-state index is 0.572. The van der Waals surface area contributed by atoms with Gasteiger partial charge in [0.15, 0.2) is 0 Å². The molecule has 0 radical (unpaired) electrons.